The monoisotopic (exact) mass is 419 g/mol. The molecule has 1 aliphatic carbocycles. The molecule has 31 heavy (non-hydrogen) atoms. The van der Waals surface area contributed by atoms with Crippen LogP contribution in [0.5, 0.6) is 0 Å². The van der Waals surface area contributed by atoms with Crippen LogP contribution in [0.2, 0.25) is 0 Å². The number of aryl methyl sites for hydroxylation is 1. The van der Waals surface area contributed by atoms with Gasteiger partial charge in [0.1, 0.15) is 11.6 Å². The summed E-state index contributed by atoms with van der Waals surface area (Å²) in [5.74, 6) is -1.60. The Balaban J connectivity index is 1.44. The number of benzene rings is 2. The van der Waals surface area contributed by atoms with E-state index in [0.717, 1.165) is 18.4 Å². The maximum atomic E-state index is 15.3. The minimum atomic E-state index is -0.667. The van der Waals surface area contributed by atoms with E-state index in [1.807, 2.05) is 6.07 Å². The number of imidazole rings is 1. The van der Waals surface area contributed by atoms with Gasteiger partial charge in [-0.05, 0) is 54.7 Å². The largest absolute Gasteiger partial charge is 0.345 e. The van der Waals surface area contributed by atoms with Gasteiger partial charge in [-0.25, -0.2) is 13.8 Å². The van der Waals surface area contributed by atoms with E-state index in [4.69, 9.17) is 0 Å². The van der Waals surface area contributed by atoms with Gasteiger partial charge >= 0.3 is 0 Å². The number of nitrogens with one attached hydrogen (secondary N) is 1. The van der Waals surface area contributed by atoms with Crippen molar-refractivity contribution in [3.05, 3.63) is 66.3 Å². The molecule has 0 unspecified atom stereocenters. The summed E-state index contributed by atoms with van der Waals surface area (Å²) in [5, 5.41) is 4.07. The van der Waals surface area contributed by atoms with Crippen molar-refractivity contribution in [2.75, 3.05) is 4.90 Å². The molecule has 4 aromatic rings. The first-order valence-electron chi connectivity index (χ1n) is 10.3. The second-order valence-corrected chi connectivity index (χ2v) is 8.38. The number of carbonyl (C=O) groups excluding carboxylic acids is 1. The number of β-lactam (4-membered cyclic amide) rings is 1. The number of hydrogen-bond acceptors (Lipinski definition) is 3. The topological polar surface area (TPSA) is 66.8 Å². The lowest BCUT2D eigenvalue weighted by atomic mass is 9.78. The zero-order valence-electron chi connectivity index (χ0n) is 16.7. The van der Waals surface area contributed by atoms with E-state index < -0.39 is 23.6 Å². The highest BCUT2D eigenvalue weighted by Gasteiger charge is 2.56. The molecule has 6 nitrogen and oxygen atoms in total. The van der Waals surface area contributed by atoms with Crippen molar-refractivity contribution in [1.82, 2.24) is 19.7 Å². The lowest BCUT2D eigenvalue weighted by molar-refractivity contribution is -0.131. The molecule has 2 aromatic carbocycles. The van der Waals surface area contributed by atoms with E-state index in [9.17, 15) is 4.79 Å². The molecule has 0 spiro atoms. The molecule has 156 valence electrons. The predicted octanol–water partition coefficient (Wildman–Crippen LogP) is 4.36. The highest BCUT2D eigenvalue weighted by atomic mass is 19.1. The molecule has 2 fully saturated rings. The Labute approximate surface area is 176 Å². The Hall–Kier alpha value is -3.55. The van der Waals surface area contributed by atoms with Gasteiger partial charge in [0.2, 0.25) is 5.91 Å². The highest BCUT2D eigenvalue weighted by molar-refractivity contribution is 6.04. The SMILES string of the molecule is Cn1cc(-c2cc(F)c([C@@H]3[C@H](C4CC4)C(=O)N3c3ccc4[nH]cnc4c3)c(F)c2)cn1. The van der Waals surface area contributed by atoms with Crippen molar-refractivity contribution >= 4 is 22.6 Å². The lowest BCUT2D eigenvalue weighted by Crippen LogP contribution is -2.56. The summed E-state index contributed by atoms with van der Waals surface area (Å²) >= 11 is 0. The van der Waals surface area contributed by atoms with Gasteiger partial charge in [-0.1, -0.05) is 0 Å². The average molecular weight is 419 g/mol. The lowest BCUT2D eigenvalue weighted by Gasteiger charge is -2.48. The molecule has 1 saturated heterocycles. The van der Waals surface area contributed by atoms with E-state index in [2.05, 4.69) is 15.1 Å². The fourth-order valence-electron chi connectivity index (χ4n) is 4.70. The third-order valence-electron chi connectivity index (χ3n) is 6.37. The Bertz CT molecular complexity index is 1320. The molecule has 6 rings (SSSR count). The maximum Gasteiger partial charge on any atom is 0.233 e. The third kappa shape index (κ3) is 2.78. The van der Waals surface area contributed by atoms with Gasteiger partial charge in [-0.15, -0.1) is 0 Å². The maximum absolute atomic E-state index is 15.3. The van der Waals surface area contributed by atoms with E-state index in [1.54, 1.807) is 42.6 Å². The summed E-state index contributed by atoms with van der Waals surface area (Å²) in [4.78, 5) is 21.8. The first-order chi connectivity index (χ1) is 15.0. The number of H-pyrrole nitrogens is 1. The van der Waals surface area contributed by atoms with Crippen LogP contribution in [-0.2, 0) is 11.8 Å². The second-order valence-electron chi connectivity index (χ2n) is 8.38. The minimum Gasteiger partial charge on any atom is -0.345 e. The number of rotatable bonds is 4. The van der Waals surface area contributed by atoms with Gasteiger partial charge in [0.25, 0.3) is 0 Å². The standard InChI is InChI=1S/C23H19F2N5O/c1-29-10-14(9-28-29)13-6-16(24)21(17(25)7-13)22-20(12-2-3-12)23(31)30(22)15-4-5-18-19(8-15)27-11-26-18/h4-12,20,22H,2-3H2,1H3,(H,26,27)/t20-,22-/m0/s1. The number of anilines is 1. The summed E-state index contributed by atoms with van der Waals surface area (Å²) in [6.45, 7) is 0. The van der Waals surface area contributed by atoms with Crippen molar-refractivity contribution in [3.63, 3.8) is 0 Å². The minimum absolute atomic E-state index is 0.0498. The zero-order valence-corrected chi connectivity index (χ0v) is 16.7. The molecule has 2 atom stereocenters. The number of nitrogens with zero attached hydrogens (tertiary/aromatic N) is 4. The third-order valence-corrected chi connectivity index (χ3v) is 6.37. The second kappa shape index (κ2) is 6.47. The number of hydrogen-bond donors (Lipinski definition) is 1. The molecule has 0 bridgehead atoms. The quantitative estimate of drug-likeness (QED) is 0.500. The van der Waals surface area contributed by atoms with Crippen LogP contribution in [0.4, 0.5) is 14.5 Å². The van der Waals surface area contributed by atoms with E-state index in [-0.39, 0.29) is 17.4 Å². The predicted molar refractivity (Wildman–Crippen MR) is 111 cm³/mol. The molecule has 8 heteroatoms. The van der Waals surface area contributed by atoms with Crippen LogP contribution in [0.25, 0.3) is 22.2 Å². The normalized spacial score (nSPS) is 21.0. The van der Waals surface area contributed by atoms with Gasteiger partial charge in [0.05, 0.1) is 35.5 Å². The van der Waals surface area contributed by atoms with E-state index in [1.165, 1.54) is 17.0 Å². The summed E-state index contributed by atoms with van der Waals surface area (Å²) in [7, 11) is 1.75. The summed E-state index contributed by atoms with van der Waals surface area (Å²) in [6.07, 6.45) is 6.68. The van der Waals surface area contributed by atoms with Crippen LogP contribution >= 0.6 is 0 Å². The summed E-state index contributed by atoms with van der Waals surface area (Å²) < 4.78 is 32.2. The molecule has 3 heterocycles. The number of aromatic amines is 1. The molecule has 1 aliphatic heterocycles. The van der Waals surface area contributed by atoms with Crippen LogP contribution in [0, 0.1) is 23.5 Å². The Kier molecular flexibility index (Phi) is 3.81. The molecular weight excluding hydrogens is 400 g/mol. The Morgan fingerprint density at radius 1 is 1.10 bits per heavy atom. The molecule has 1 amide bonds. The fraction of sp³-hybridized carbons (Fsp3) is 0.261. The highest BCUT2D eigenvalue weighted by Crippen LogP contribution is 2.55. The van der Waals surface area contributed by atoms with Crippen LogP contribution in [0.15, 0.2) is 49.1 Å². The van der Waals surface area contributed by atoms with Crippen molar-refractivity contribution < 1.29 is 13.6 Å². The molecular formula is C23H19F2N5O. The zero-order chi connectivity index (χ0) is 21.3. The number of amides is 1. The van der Waals surface area contributed by atoms with Gasteiger partial charge in [0, 0.05) is 30.1 Å². The number of aromatic nitrogens is 4. The van der Waals surface area contributed by atoms with Crippen molar-refractivity contribution in [1.29, 1.82) is 0 Å². The Morgan fingerprint density at radius 3 is 2.55 bits per heavy atom. The first-order valence-corrected chi connectivity index (χ1v) is 10.3. The first kappa shape index (κ1) is 18.2. The van der Waals surface area contributed by atoms with E-state index in [0.29, 0.717) is 22.3 Å². The molecule has 2 aliphatic rings. The molecule has 1 saturated carbocycles. The van der Waals surface area contributed by atoms with Gasteiger partial charge < -0.3 is 9.88 Å². The van der Waals surface area contributed by atoms with Gasteiger partial charge in [-0.3, -0.25) is 9.48 Å². The van der Waals surface area contributed by atoms with Crippen molar-refractivity contribution in [3.8, 4) is 11.1 Å². The average Bonchev–Trinajstić information content (AvgIpc) is 3.26. The number of fused-ring (bicyclic) bond motifs is 1. The fourth-order valence-corrected chi connectivity index (χ4v) is 4.70. The van der Waals surface area contributed by atoms with Crippen molar-refractivity contribution in [2.45, 2.75) is 18.9 Å². The molecule has 2 aromatic heterocycles. The summed E-state index contributed by atoms with van der Waals surface area (Å²) in [6, 6.07) is 7.38. The van der Waals surface area contributed by atoms with Crippen LogP contribution in [0.3, 0.4) is 0 Å². The number of halogens is 2. The van der Waals surface area contributed by atoms with Gasteiger partial charge in [0.15, 0.2) is 0 Å². The van der Waals surface area contributed by atoms with Crippen LogP contribution in [-0.4, -0.2) is 25.7 Å². The van der Waals surface area contributed by atoms with Crippen molar-refractivity contribution in [2.24, 2.45) is 18.9 Å². The molecule has 0 radical (unpaired) electrons. The summed E-state index contributed by atoms with van der Waals surface area (Å²) in [5.41, 5.74) is 3.14. The Morgan fingerprint density at radius 2 is 1.87 bits per heavy atom. The van der Waals surface area contributed by atoms with Crippen LogP contribution < -0.4 is 4.90 Å². The van der Waals surface area contributed by atoms with E-state index >= 15 is 8.78 Å². The van der Waals surface area contributed by atoms with Crippen LogP contribution in [0.1, 0.15) is 24.4 Å². The molecule has 1 N–H and O–H groups in total. The number of carbonyl (C=O) groups is 1. The smallest absolute Gasteiger partial charge is 0.233 e. The van der Waals surface area contributed by atoms with Gasteiger partial charge in [-0.2, -0.15) is 5.10 Å².